The number of rotatable bonds is 4. The number of anilines is 1. The van der Waals surface area contributed by atoms with Gasteiger partial charge in [0.1, 0.15) is 5.82 Å². The molecule has 1 saturated heterocycles. The molecule has 7 heteroatoms. The fourth-order valence-electron chi connectivity index (χ4n) is 2.99. The van der Waals surface area contributed by atoms with Crippen molar-refractivity contribution in [1.82, 2.24) is 10.3 Å². The smallest absolute Gasteiger partial charge is 0.171 e. The molecule has 2 N–H and O–H groups in total. The third-order valence-corrected chi connectivity index (χ3v) is 5.18. The van der Waals surface area contributed by atoms with Crippen LogP contribution in [-0.2, 0) is 10.2 Å². The Kier molecular flexibility index (Phi) is 6.12. The summed E-state index contributed by atoms with van der Waals surface area (Å²) in [6.45, 7) is 2.20. The highest BCUT2D eigenvalue weighted by Crippen LogP contribution is 2.34. The molecule has 0 amide bonds. The van der Waals surface area contributed by atoms with Gasteiger partial charge in [-0.1, -0.05) is 35.3 Å². The average molecular weight is 396 g/mol. The summed E-state index contributed by atoms with van der Waals surface area (Å²) in [6, 6.07) is 11.6. The molecule has 0 bridgehead atoms. The van der Waals surface area contributed by atoms with Gasteiger partial charge in [-0.2, -0.15) is 0 Å². The van der Waals surface area contributed by atoms with Gasteiger partial charge in [-0.15, -0.1) is 0 Å². The Hall–Kier alpha value is -1.40. The molecular weight excluding hydrogens is 377 g/mol. The number of halogens is 2. The lowest BCUT2D eigenvalue weighted by Crippen LogP contribution is -2.45. The number of thiocarbonyl (C=S) groups is 1. The molecule has 0 aliphatic carbocycles. The molecule has 25 heavy (non-hydrogen) atoms. The molecule has 1 aliphatic heterocycles. The minimum Gasteiger partial charge on any atom is -0.381 e. The van der Waals surface area contributed by atoms with E-state index in [1.54, 1.807) is 18.3 Å². The highest BCUT2D eigenvalue weighted by Gasteiger charge is 2.34. The lowest BCUT2D eigenvalue weighted by molar-refractivity contribution is 0.0515. The number of aromatic nitrogens is 1. The lowest BCUT2D eigenvalue weighted by atomic mass is 9.74. The number of nitrogens with zero attached hydrogens (tertiary/aromatic N) is 1. The second-order valence-corrected chi connectivity index (χ2v) is 7.35. The molecule has 1 aromatic carbocycles. The van der Waals surface area contributed by atoms with Crippen molar-refractivity contribution in [3.63, 3.8) is 0 Å². The summed E-state index contributed by atoms with van der Waals surface area (Å²) in [5.74, 6) is 0.662. The Morgan fingerprint density at radius 1 is 1.08 bits per heavy atom. The van der Waals surface area contributed by atoms with Gasteiger partial charge >= 0.3 is 0 Å². The number of benzene rings is 1. The van der Waals surface area contributed by atoms with Crippen molar-refractivity contribution in [1.29, 1.82) is 0 Å². The first-order valence-corrected chi connectivity index (χ1v) is 9.24. The van der Waals surface area contributed by atoms with Gasteiger partial charge in [-0.3, -0.25) is 0 Å². The summed E-state index contributed by atoms with van der Waals surface area (Å²) in [6.07, 6.45) is 3.45. The molecule has 1 aromatic heterocycles. The highest BCUT2D eigenvalue weighted by molar-refractivity contribution is 7.80. The Morgan fingerprint density at radius 2 is 1.76 bits per heavy atom. The molecule has 0 atom stereocenters. The van der Waals surface area contributed by atoms with Crippen LogP contribution < -0.4 is 10.6 Å². The summed E-state index contributed by atoms with van der Waals surface area (Å²) in [4.78, 5) is 4.19. The molecule has 1 aliphatic rings. The Morgan fingerprint density at radius 3 is 2.40 bits per heavy atom. The molecule has 4 nitrogen and oxygen atoms in total. The van der Waals surface area contributed by atoms with Crippen molar-refractivity contribution in [2.24, 2.45) is 0 Å². The topological polar surface area (TPSA) is 46.2 Å². The van der Waals surface area contributed by atoms with E-state index in [2.05, 4.69) is 27.8 Å². The van der Waals surface area contributed by atoms with Gasteiger partial charge in [0.2, 0.25) is 0 Å². The molecule has 0 spiro atoms. The maximum atomic E-state index is 6.04. The van der Waals surface area contributed by atoms with E-state index in [9.17, 15) is 0 Å². The van der Waals surface area contributed by atoms with Crippen LogP contribution >= 0.6 is 35.4 Å². The van der Waals surface area contributed by atoms with Gasteiger partial charge in [0.25, 0.3) is 0 Å². The Labute approximate surface area is 162 Å². The molecule has 132 valence electrons. The van der Waals surface area contributed by atoms with E-state index in [1.807, 2.05) is 12.1 Å². The van der Waals surface area contributed by atoms with E-state index in [0.717, 1.165) is 37.6 Å². The van der Waals surface area contributed by atoms with E-state index in [0.29, 0.717) is 16.0 Å². The number of ether oxygens (including phenoxy) is 1. The van der Waals surface area contributed by atoms with E-state index in [4.69, 9.17) is 40.2 Å². The van der Waals surface area contributed by atoms with Crippen molar-refractivity contribution in [3.05, 3.63) is 58.2 Å². The van der Waals surface area contributed by atoms with Gasteiger partial charge in [0.05, 0.1) is 5.02 Å². The minimum atomic E-state index is -0.0258. The van der Waals surface area contributed by atoms with Crippen molar-refractivity contribution < 1.29 is 4.74 Å². The van der Waals surface area contributed by atoms with Crippen LogP contribution in [-0.4, -0.2) is 29.9 Å². The molecule has 2 heterocycles. The van der Waals surface area contributed by atoms with Gasteiger partial charge in [-0.05, 0) is 54.9 Å². The summed E-state index contributed by atoms with van der Waals surface area (Å²) < 4.78 is 5.56. The van der Waals surface area contributed by atoms with E-state index >= 15 is 0 Å². The van der Waals surface area contributed by atoms with Gasteiger partial charge < -0.3 is 15.4 Å². The zero-order valence-electron chi connectivity index (χ0n) is 13.6. The van der Waals surface area contributed by atoms with E-state index in [-0.39, 0.29) is 5.41 Å². The SMILES string of the molecule is S=C(NCC1(c2ccc(Cl)cc2)CCOCC1)Nc1ccc(Cl)cn1. The number of hydrogen-bond donors (Lipinski definition) is 2. The van der Waals surface area contributed by atoms with Crippen LogP contribution in [0, 0.1) is 0 Å². The van der Waals surface area contributed by atoms with Crippen LogP contribution in [0.3, 0.4) is 0 Å². The first kappa shape index (κ1) is 18.4. The van der Waals surface area contributed by atoms with Crippen LogP contribution in [0.5, 0.6) is 0 Å². The number of pyridine rings is 1. The normalized spacial score (nSPS) is 16.2. The number of nitrogens with one attached hydrogen (secondary N) is 2. The summed E-state index contributed by atoms with van der Waals surface area (Å²) in [7, 11) is 0. The van der Waals surface area contributed by atoms with Crippen LogP contribution in [0.2, 0.25) is 10.0 Å². The van der Waals surface area contributed by atoms with Crippen molar-refractivity contribution in [3.8, 4) is 0 Å². The molecular formula is C18H19Cl2N3OS. The van der Waals surface area contributed by atoms with Gasteiger partial charge in [0, 0.05) is 36.4 Å². The zero-order valence-corrected chi connectivity index (χ0v) is 15.9. The average Bonchev–Trinajstić information content (AvgIpc) is 2.63. The van der Waals surface area contributed by atoms with Crippen LogP contribution in [0.4, 0.5) is 5.82 Å². The fourth-order valence-corrected chi connectivity index (χ4v) is 3.41. The van der Waals surface area contributed by atoms with E-state index in [1.165, 1.54) is 5.56 Å². The first-order valence-electron chi connectivity index (χ1n) is 8.08. The maximum absolute atomic E-state index is 6.04. The van der Waals surface area contributed by atoms with Gasteiger partial charge in [0.15, 0.2) is 5.11 Å². The van der Waals surface area contributed by atoms with Crippen LogP contribution in [0.1, 0.15) is 18.4 Å². The molecule has 3 rings (SSSR count). The first-order chi connectivity index (χ1) is 12.1. The fraction of sp³-hybridized carbons (Fsp3) is 0.333. The van der Waals surface area contributed by atoms with Crippen molar-refractivity contribution in [2.45, 2.75) is 18.3 Å². The summed E-state index contributed by atoms with van der Waals surface area (Å²) in [5.41, 5.74) is 1.22. The summed E-state index contributed by atoms with van der Waals surface area (Å²) in [5, 5.41) is 8.28. The minimum absolute atomic E-state index is 0.0258. The molecule has 0 saturated carbocycles. The quantitative estimate of drug-likeness (QED) is 0.749. The zero-order chi connectivity index (χ0) is 17.7. The predicted octanol–water partition coefficient (Wildman–Crippen LogP) is 4.42. The second-order valence-electron chi connectivity index (χ2n) is 6.07. The standard InChI is InChI=1S/C18H19Cl2N3OS/c19-14-3-1-13(2-4-14)18(7-9-24-10-8-18)12-22-17(25)23-16-6-5-15(20)11-21-16/h1-6,11H,7-10,12H2,(H2,21,22,23,25). The van der Waals surface area contributed by atoms with Gasteiger partial charge in [-0.25, -0.2) is 4.98 Å². The highest BCUT2D eigenvalue weighted by atomic mass is 35.5. The molecule has 2 aromatic rings. The molecule has 0 radical (unpaired) electrons. The Bertz CT molecular complexity index is 716. The monoisotopic (exact) mass is 395 g/mol. The van der Waals surface area contributed by atoms with Crippen molar-refractivity contribution >= 4 is 46.4 Å². The van der Waals surface area contributed by atoms with Crippen molar-refractivity contribution in [2.75, 3.05) is 25.1 Å². The third kappa shape index (κ3) is 4.82. The number of hydrogen-bond acceptors (Lipinski definition) is 3. The Balaban J connectivity index is 1.67. The van der Waals surface area contributed by atoms with E-state index < -0.39 is 0 Å². The van der Waals surface area contributed by atoms with Crippen LogP contribution in [0.15, 0.2) is 42.6 Å². The molecule has 1 fully saturated rings. The third-order valence-electron chi connectivity index (χ3n) is 4.46. The summed E-state index contributed by atoms with van der Waals surface area (Å²) >= 11 is 17.3. The predicted molar refractivity (Wildman–Crippen MR) is 107 cm³/mol. The second kappa shape index (κ2) is 8.32. The molecule has 0 unspecified atom stereocenters. The maximum Gasteiger partial charge on any atom is 0.171 e. The largest absolute Gasteiger partial charge is 0.381 e. The van der Waals surface area contributed by atoms with Crippen LogP contribution in [0.25, 0.3) is 0 Å². The lowest BCUT2D eigenvalue weighted by Gasteiger charge is -2.38.